The van der Waals surface area contributed by atoms with Crippen LogP contribution in [-0.4, -0.2) is 29.3 Å². The summed E-state index contributed by atoms with van der Waals surface area (Å²) in [6.07, 6.45) is -0.517. The molecule has 4 N–H and O–H groups in total. The van der Waals surface area contributed by atoms with E-state index in [0.29, 0.717) is 6.54 Å². The van der Waals surface area contributed by atoms with Crippen molar-refractivity contribution < 1.29 is 18.7 Å². The molecule has 0 unspecified atom stereocenters. The van der Waals surface area contributed by atoms with E-state index in [4.69, 9.17) is 17.0 Å². The Bertz CT molecular complexity index is 602. The van der Waals surface area contributed by atoms with Gasteiger partial charge in [0.1, 0.15) is 11.4 Å². The molecule has 0 spiro atoms. The number of benzene rings is 1. The predicted octanol–water partition coefficient (Wildman–Crippen LogP) is 1.74. The number of alkyl carbamates (subject to hydrolysis) is 1. The summed E-state index contributed by atoms with van der Waals surface area (Å²) in [5, 5.41) is 5.57. The van der Waals surface area contributed by atoms with Crippen molar-refractivity contribution in [2.45, 2.75) is 39.3 Å². The first-order valence-corrected chi connectivity index (χ1v) is 8.10. The van der Waals surface area contributed by atoms with Crippen molar-refractivity contribution in [2.24, 2.45) is 0 Å². The van der Waals surface area contributed by atoms with Gasteiger partial charge in [-0.05, 0) is 50.7 Å². The van der Waals surface area contributed by atoms with Crippen molar-refractivity contribution in [3.63, 3.8) is 0 Å². The zero-order valence-electron chi connectivity index (χ0n) is 14.4. The molecule has 7 nitrogen and oxygen atoms in total. The Balaban J connectivity index is 2.15. The van der Waals surface area contributed by atoms with Crippen molar-refractivity contribution in [3.8, 4) is 0 Å². The number of ether oxygens (including phenoxy) is 1. The van der Waals surface area contributed by atoms with Crippen LogP contribution in [0.15, 0.2) is 24.3 Å². The summed E-state index contributed by atoms with van der Waals surface area (Å²) in [5.41, 5.74) is 5.21. The lowest BCUT2D eigenvalue weighted by atomic mass is 10.2. The maximum atomic E-state index is 12.8. The van der Waals surface area contributed by atoms with E-state index >= 15 is 0 Å². The fourth-order valence-electron chi connectivity index (χ4n) is 1.61. The van der Waals surface area contributed by atoms with E-state index in [1.807, 2.05) is 0 Å². The summed E-state index contributed by atoms with van der Waals surface area (Å²) in [6, 6.07) is 5.97. The Labute approximate surface area is 151 Å². The smallest absolute Gasteiger partial charge is 0.407 e. The monoisotopic (exact) mass is 370 g/mol. The molecule has 9 heteroatoms. The molecule has 0 fully saturated rings. The first-order chi connectivity index (χ1) is 11.7. The highest BCUT2D eigenvalue weighted by atomic mass is 32.1. The van der Waals surface area contributed by atoms with Crippen LogP contribution in [0.3, 0.4) is 0 Å². The van der Waals surface area contributed by atoms with E-state index < -0.39 is 11.7 Å². The highest BCUT2D eigenvalue weighted by Crippen LogP contribution is 2.06. The topological polar surface area (TPSA) is 91.5 Å². The third-order valence-electron chi connectivity index (χ3n) is 2.70. The zero-order chi connectivity index (χ0) is 18.9. The van der Waals surface area contributed by atoms with Crippen LogP contribution >= 0.6 is 12.2 Å². The summed E-state index contributed by atoms with van der Waals surface area (Å²) in [4.78, 5) is 23.0. The second kappa shape index (κ2) is 9.77. The van der Waals surface area contributed by atoms with Gasteiger partial charge in [-0.2, -0.15) is 0 Å². The van der Waals surface area contributed by atoms with Gasteiger partial charge in [-0.1, -0.05) is 12.1 Å². The average molecular weight is 370 g/mol. The van der Waals surface area contributed by atoms with Crippen LogP contribution in [0.5, 0.6) is 0 Å². The number of halogens is 1. The Hall–Kier alpha value is -2.42. The van der Waals surface area contributed by atoms with Crippen molar-refractivity contribution in [1.82, 2.24) is 21.5 Å². The Kier molecular flexibility index (Phi) is 8.06. The number of hydrogen-bond acceptors (Lipinski definition) is 4. The summed E-state index contributed by atoms with van der Waals surface area (Å²) in [6.45, 7) is 5.79. The number of carbonyl (C=O) groups is 2. The van der Waals surface area contributed by atoms with Gasteiger partial charge >= 0.3 is 6.09 Å². The third kappa shape index (κ3) is 10.1. The van der Waals surface area contributed by atoms with Gasteiger partial charge in [0.05, 0.1) is 0 Å². The summed E-state index contributed by atoms with van der Waals surface area (Å²) >= 11 is 5.01. The maximum absolute atomic E-state index is 12.8. The number of hydrogen-bond donors (Lipinski definition) is 4. The van der Waals surface area contributed by atoms with Crippen LogP contribution in [0.2, 0.25) is 0 Å². The van der Waals surface area contributed by atoms with Crippen LogP contribution in [0.25, 0.3) is 0 Å². The van der Waals surface area contributed by atoms with Crippen LogP contribution in [0.4, 0.5) is 9.18 Å². The van der Waals surface area contributed by atoms with Crippen LogP contribution in [0, 0.1) is 5.82 Å². The molecule has 2 amide bonds. The van der Waals surface area contributed by atoms with Crippen LogP contribution < -0.4 is 21.5 Å². The lowest BCUT2D eigenvalue weighted by Gasteiger charge is -2.19. The summed E-state index contributed by atoms with van der Waals surface area (Å²) in [7, 11) is 0. The Morgan fingerprint density at radius 2 is 1.76 bits per heavy atom. The molecule has 1 aromatic carbocycles. The number of hydrazine groups is 1. The molecule has 0 saturated heterocycles. The lowest BCUT2D eigenvalue weighted by molar-refractivity contribution is -0.121. The molecule has 0 aliphatic carbocycles. The standard InChI is InChI=1S/C16H23FN4O3S/c1-16(2,3)24-15(23)18-9-8-13(22)20-21-14(25)19-10-11-4-6-12(17)7-5-11/h4-7H,8-10H2,1-3H3,(H,18,23)(H,20,22)(H2,19,21,25). The van der Waals surface area contributed by atoms with Gasteiger partial charge in [0.15, 0.2) is 5.11 Å². The number of nitrogens with one attached hydrogen (secondary N) is 4. The normalized spacial score (nSPS) is 10.6. The van der Waals surface area contributed by atoms with Gasteiger partial charge in [0.2, 0.25) is 5.91 Å². The highest BCUT2D eigenvalue weighted by molar-refractivity contribution is 7.80. The van der Waals surface area contributed by atoms with Crippen molar-refractivity contribution in [2.75, 3.05) is 6.54 Å². The molecule has 25 heavy (non-hydrogen) atoms. The van der Waals surface area contributed by atoms with E-state index in [2.05, 4.69) is 21.5 Å². The van der Waals surface area contributed by atoms with E-state index in [9.17, 15) is 14.0 Å². The van der Waals surface area contributed by atoms with E-state index in [1.54, 1.807) is 32.9 Å². The minimum atomic E-state index is -0.587. The number of amides is 2. The number of rotatable bonds is 5. The van der Waals surface area contributed by atoms with Gasteiger partial charge in [-0.3, -0.25) is 15.6 Å². The van der Waals surface area contributed by atoms with E-state index in [0.717, 1.165) is 5.56 Å². The molecule has 1 rings (SSSR count). The number of thiocarbonyl (C=S) groups is 1. The molecular formula is C16H23FN4O3S. The van der Waals surface area contributed by atoms with E-state index in [1.165, 1.54) is 12.1 Å². The molecule has 0 bridgehead atoms. The first-order valence-electron chi connectivity index (χ1n) is 7.70. The summed E-state index contributed by atoms with van der Waals surface area (Å²) in [5.74, 6) is -0.654. The van der Waals surface area contributed by atoms with Crippen LogP contribution in [-0.2, 0) is 16.1 Å². The fourth-order valence-corrected chi connectivity index (χ4v) is 1.73. The Morgan fingerprint density at radius 1 is 1.12 bits per heavy atom. The van der Waals surface area contributed by atoms with Crippen molar-refractivity contribution in [1.29, 1.82) is 0 Å². The molecule has 0 aliphatic rings. The molecule has 1 aromatic rings. The van der Waals surface area contributed by atoms with Gasteiger partial charge in [0, 0.05) is 19.5 Å². The highest BCUT2D eigenvalue weighted by Gasteiger charge is 2.15. The van der Waals surface area contributed by atoms with Gasteiger partial charge in [-0.15, -0.1) is 0 Å². The first kappa shape index (κ1) is 20.6. The molecule has 0 aromatic heterocycles. The lowest BCUT2D eigenvalue weighted by Crippen LogP contribution is -2.47. The summed E-state index contributed by atoms with van der Waals surface area (Å²) < 4.78 is 17.8. The predicted molar refractivity (Wildman–Crippen MR) is 96.0 cm³/mol. The molecule has 0 heterocycles. The molecule has 0 radical (unpaired) electrons. The second-order valence-electron chi connectivity index (χ2n) is 6.16. The van der Waals surface area contributed by atoms with Gasteiger partial charge in [-0.25, -0.2) is 9.18 Å². The molecular weight excluding hydrogens is 347 g/mol. The quantitative estimate of drug-likeness (QED) is 0.466. The molecule has 0 saturated carbocycles. The largest absolute Gasteiger partial charge is 0.444 e. The molecule has 0 atom stereocenters. The number of carbonyl (C=O) groups excluding carboxylic acids is 2. The SMILES string of the molecule is CC(C)(C)OC(=O)NCCC(=O)NNC(=S)NCc1ccc(F)cc1. The molecule has 138 valence electrons. The van der Waals surface area contributed by atoms with E-state index in [-0.39, 0.29) is 29.8 Å². The minimum absolute atomic E-state index is 0.0623. The third-order valence-corrected chi connectivity index (χ3v) is 2.95. The zero-order valence-corrected chi connectivity index (χ0v) is 15.3. The minimum Gasteiger partial charge on any atom is -0.444 e. The Morgan fingerprint density at radius 3 is 2.36 bits per heavy atom. The average Bonchev–Trinajstić information content (AvgIpc) is 2.50. The van der Waals surface area contributed by atoms with Crippen LogP contribution in [0.1, 0.15) is 32.8 Å². The van der Waals surface area contributed by atoms with Gasteiger partial charge in [0.25, 0.3) is 0 Å². The van der Waals surface area contributed by atoms with Gasteiger partial charge < -0.3 is 15.4 Å². The fraction of sp³-hybridized carbons (Fsp3) is 0.438. The van der Waals surface area contributed by atoms with Crippen molar-refractivity contribution >= 4 is 29.3 Å². The van der Waals surface area contributed by atoms with Crippen molar-refractivity contribution in [3.05, 3.63) is 35.6 Å². The maximum Gasteiger partial charge on any atom is 0.407 e. The second-order valence-corrected chi connectivity index (χ2v) is 6.57. The molecule has 0 aliphatic heterocycles.